The zero-order chi connectivity index (χ0) is 12.6. The van der Waals surface area contributed by atoms with E-state index in [4.69, 9.17) is 4.74 Å². The van der Waals surface area contributed by atoms with Crippen LogP contribution in [-0.4, -0.2) is 47.5 Å². The van der Waals surface area contributed by atoms with Gasteiger partial charge in [0.05, 0.1) is 11.2 Å². The first-order valence-corrected chi connectivity index (χ1v) is 8.45. The van der Waals surface area contributed by atoms with Crippen molar-refractivity contribution < 1.29 is 9.84 Å². The third-order valence-electron chi connectivity index (χ3n) is 5.27. The fourth-order valence-corrected chi connectivity index (χ4v) is 5.33. The normalized spacial score (nSPS) is 49.7. The number of thioether (sulfide) groups is 1. The molecule has 3 saturated heterocycles. The summed E-state index contributed by atoms with van der Waals surface area (Å²) in [6.07, 6.45) is 4.19. The lowest BCUT2D eigenvalue weighted by Crippen LogP contribution is -2.57. The molecule has 0 radical (unpaired) electrons. The van der Waals surface area contributed by atoms with E-state index in [-0.39, 0.29) is 5.60 Å². The van der Waals surface area contributed by atoms with E-state index in [2.05, 4.69) is 12.2 Å². The third-order valence-corrected chi connectivity index (χ3v) is 6.50. The zero-order valence-electron chi connectivity index (χ0n) is 11.3. The Hall–Kier alpha value is 0.230. The van der Waals surface area contributed by atoms with Crippen LogP contribution in [0.2, 0.25) is 0 Å². The molecule has 3 nitrogen and oxygen atoms in total. The number of rotatable bonds is 1. The Bertz CT molecular complexity index is 306. The van der Waals surface area contributed by atoms with Crippen LogP contribution >= 0.6 is 11.8 Å². The van der Waals surface area contributed by atoms with Gasteiger partial charge in [0.25, 0.3) is 0 Å². The summed E-state index contributed by atoms with van der Waals surface area (Å²) in [5.74, 6) is 3.15. The molecular weight excluding hydrogens is 246 g/mol. The average Bonchev–Trinajstić information content (AvgIpc) is 2.81. The van der Waals surface area contributed by atoms with Gasteiger partial charge in [0, 0.05) is 18.9 Å². The van der Waals surface area contributed by atoms with E-state index < -0.39 is 5.60 Å². The minimum Gasteiger partial charge on any atom is -0.389 e. The molecule has 0 amide bonds. The maximum Gasteiger partial charge on any atom is 0.0784 e. The number of piperidine rings is 1. The fraction of sp³-hybridized carbons (Fsp3) is 1.00. The van der Waals surface area contributed by atoms with Gasteiger partial charge in [-0.05, 0) is 49.8 Å². The summed E-state index contributed by atoms with van der Waals surface area (Å²) < 4.78 is 6.08. The lowest BCUT2D eigenvalue weighted by Gasteiger charge is -2.49. The second-order valence-corrected chi connectivity index (χ2v) is 7.48. The summed E-state index contributed by atoms with van der Waals surface area (Å²) in [5.41, 5.74) is -0.372. The van der Waals surface area contributed by atoms with Gasteiger partial charge in [0.2, 0.25) is 0 Å². The Kier molecular flexibility index (Phi) is 3.65. The van der Waals surface area contributed by atoms with E-state index in [1.54, 1.807) is 0 Å². The van der Waals surface area contributed by atoms with Crippen molar-refractivity contribution in [1.29, 1.82) is 0 Å². The SMILES string of the molecule is CC1CNCCC1(O)C1CCOC2(CCSC2)C1. The molecule has 3 aliphatic heterocycles. The molecular formula is C14H25NO2S. The molecule has 0 aromatic heterocycles. The molecule has 0 aromatic rings. The second-order valence-electron chi connectivity index (χ2n) is 6.37. The van der Waals surface area contributed by atoms with Gasteiger partial charge in [-0.2, -0.15) is 11.8 Å². The van der Waals surface area contributed by atoms with E-state index in [0.717, 1.165) is 44.7 Å². The van der Waals surface area contributed by atoms with E-state index >= 15 is 0 Å². The highest BCUT2D eigenvalue weighted by atomic mass is 32.2. The molecule has 1 spiro atoms. The van der Waals surface area contributed by atoms with Crippen LogP contribution in [0, 0.1) is 11.8 Å². The number of aliphatic hydroxyl groups is 1. The maximum absolute atomic E-state index is 11.1. The molecule has 0 saturated carbocycles. The highest BCUT2D eigenvalue weighted by Crippen LogP contribution is 2.46. The summed E-state index contributed by atoms with van der Waals surface area (Å²) in [4.78, 5) is 0. The molecule has 0 aliphatic carbocycles. The highest BCUT2D eigenvalue weighted by molar-refractivity contribution is 7.99. The minimum absolute atomic E-state index is 0.0912. The molecule has 0 aromatic carbocycles. The van der Waals surface area contributed by atoms with Crippen molar-refractivity contribution in [3.63, 3.8) is 0 Å². The van der Waals surface area contributed by atoms with Gasteiger partial charge in [0.1, 0.15) is 0 Å². The molecule has 0 bridgehead atoms. The van der Waals surface area contributed by atoms with E-state index in [9.17, 15) is 5.11 Å². The Morgan fingerprint density at radius 2 is 2.28 bits per heavy atom. The van der Waals surface area contributed by atoms with Crippen molar-refractivity contribution >= 4 is 11.8 Å². The molecule has 3 heterocycles. The van der Waals surface area contributed by atoms with Crippen LogP contribution in [0.25, 0.3) is 0 Å². The van der Waals surface area contributed by atoms with Gasteiger partial charge in [-0.3, -0.25) is 0 Å². The van der Waals surface area contributed by atoms with Crippen molar-refractivity contribution in [2.45, 2.75) is 43.8 Å². The fourth-order valence-electron chi connectivity index (χ4n) is 3.95. The van der Waals surface area contributed by atoms with Crippen molar-refractivity contribution in [3.05, 3.63) is 0 Å². The molecule has 4 heteroatoms. The van der Waals surface area contributed by atoms with Gasteiger partial charge in [-0.25, -0.2) is 0 Å². The molecule has 3 fully saturated rings. The van der Waals surface area contributed by atoms with E-state index in [0.29, 0.717) is 11.8 Å². The summed E-state index contributed by atoms with van der Waals surface area (Å²) in [6.45, 7) is 4.95. The predicted molar refractivity (Wildman–Crippen MR) is 74.9 cm³/mol. The summed E-state index contributed by atoms with van der Waals surface area (Å²) in [7, 11) is 0. The minimum atomic E-state index is -0.463. The Morgan fingerprint density at radius 3 is 3.00 bits per heavy atom. The summed E-state index contributed by atoms with van der Waals surface area (Å²) in [6, 6.07) is 0. The van der Waals surface area contributed by atoms with Crippen LogP contribution in [0.3, 0.4) is 0 Å². The summed E-state index contributed by atoms with van der Waals surface area (Å²) >= 11 is 2.01. The van der Waals surface area contributed by atoms with E-state index in [1.807, 2.05) is 11.8 Å². The van der Waals surface area contributed by atoms with Crippen LogP contribution in [0.15, 0.2) is 0 Å². The highest BCUT2D eigenvalue weighted by Gasteiger charge is 2.49. The van der Waals surface area contributed by atoms with Crippen LogP contribution in [-0.2, 0) is 4.74 Å². The van der Waals surface area contributed by atoms with Crippen LogP contribution in [0.1, 0.15) is 32.6 Å². The predicted octanol–water partition coefficient (Wildman–Crippen LogP) is 1.65. The van der Waals surface area contributed by atoms with Crippen molar-refractivity contribution in [2.75, 3.05) is 31.2 Å². The molecule has 104 valence electrons. The molecule has 3 rings (SSSR count). The maximum atomic E-state index is 11.1. The van der Waals surface area contributed by atoms with Crippen LogP contribution in [0.4, 0.5) is 0 Å². The second kappa shape index (κ2) is 4.97. The topological polar surface area (TPSA) is 41.5 Å². The van der Waals surface area contributed by atoms with Gasteiger partial charge in [0.15, 0.2) is 0 Å². The largest absolute Gasteiger partial charge is 0.389 e. The van der Waals surface area contributed by atoms with Crippen LogP contribution < -0.4 is 5.32 Å². The first kappa shape index (κ1) is 13.2. The lowest BCUT2D eigenvalue weighted by atomic mass is 9.67. The van der Waals surface area contributed by atoms with Gasteiger partial charge in [-0.1, -0.05) is 6.92 Å². The number of hydrogen-bond acceptors (Lipinski definition) is 4. The smallest absolute Gasteiger partial charge is 0.0784 e. The first-order valence-electron chi connectivity index (χ1n) is 7.29. The molecule has 3 aliphatic rings. The standard InChI is InChI=1S/C14H25NO2S/c1-11-9-15-5-3-14(11,16)12-2-6-17-13(8-12)4-7-18-10-13/h11-12,15-16H,2-10H2,1H3. The molecule has 4 unspecified atom stereocenters. The molecule has 18 heavy (non-hydrogen) atoms. The Balaban J connectivity index is 1.74. The number of hydrogen-bond donors (Lipinski definition) is 2. The van der Waals surface area contributed by atoms with Crippen molar-refractivity contribution in [3.8, 4) is 0 Å². The molecule has 4 atom stereocenters. The first-order chi connectivity index (χ1) is 8.65. The number of ether oxygens (including phenoxy) is 1. The van der Waals surface area contributed by atoms with Crippen LogP contribution in [0.5, 0.6) is 0 Å². The van der Waals surface area contributed by atoms with Crippen molar-refractivity contribution in [1.82, 2.24) is 5.32 Å². The molecule has 2 N–H and O–H groups in total. The van der Waals surface area contributed by atoms with E-state index in [1.165, 1.54) is 12.2 Å². The monoisotopic (exact) mass is 271 g/mol. The average molecular weight is 271 g/mol. The Morgan fingerprint density at radius 1 is 1.39 bits per heavy atom. The quantitative estimate of drug-likeness (QED) is 0.761. The van der Waals surface area contributed by atoms with Crippen molar-refractivity contribution in [2.24, 2.45) is 11.8 Å². The van der Waals surface area contributed by atoms with Gasteiger partial charge < -0.3 is 15.2 Å². The lowest BCUT2D eigenvalue weighted by molar-refractivity contribution is -0.156. The van der Waals surface area contributed by atoms with Gasteiger partial charge in [-0.15, -0.1) is 0 Å². The number of nitrogens with one attached hydrogen (secondary N) is 1. The van der Waals surface area contributed by atoms with Gasteiger partial charge >= 0.3 is 0 Å². The Labute approximate surface area is 114 Å². The third kappa shape index (κ3) is 2.21. The zero-order valence-corrected chi connectivity index (χ0v) is 12.1. The summed E-state index contributed by atoms with van der Waals surface area (Å²) in [5, 5.41) is 14.5.